The number of Topliss-reactive ketones (excluding diaryl/α,β-unsaturated/α-hetero) is 1. The van der Waals surface area contributed by atoms with E-state index in [9.17, 15) is 9.18 Å². The highest BCUT2D eigenvalue weighted by molar-refractivity contribution is 6.12. The number of benzene rings is 3. The minimum Gasteiger partial charge on any atom is -0.360 e. The summed E-state index contributed by atoms with van der Waals surface area (Å²) in [7, 11) is 0. The first-order valence-electron chi connectivity index (χ1n) is 11.7. The third-order valence-corrected chi connectivity index (χ3v) is 6.53. The van der Waals surface area contributed by atoms with Gasteiger partial charge in [0.25, 0.3) is 0 Å². The molecule has 0 saturated heterocycles. The third kappa shape index (κ3) is 4.63. The molecule has 0 spiro atoms. The fraction of sp³-hybridized carbons (Fsp3) is 0.133. The molecule has 0 radical (unpaired) electrons. The van der Waals surface area contributed by atoms with Crippen LogP contribution in [-0.2, 0) is 12.0 Å². The zero-order valence-electron chi connectivity index (χ0n) is 19.5. The molecule has 0 saturated carbocycles. The lowest BCUT2D eigenvalue weighted by Gasteiger charge is -2.30. The number of hydrogen-bond acceptors (Lipinski definition) is 3. The summed E-state index contributed by atoms with van der Waals surface area (Å²) in [6.45, 7) is 2.49. The summed E-state index contributed by atoms with van der Waals surface area (Å²) >= 11 is 0. The van der Waals surface area contributed by atoms with Gasteiger partial charge >= 0.3 is 0 Å². The molecular formula is C30H26FN3O. The predicted molar refractivity (Wildman–Crippen MR) is 138 cm³/mol. The Kier molecular flexibility index (Phi) is 6.25. The van der Waals surface area contributed by atoms with Crippen LogP contribution in [0.1, 0.15) is 28.4 Å². The molecule has 0 aliphatic carbocycles. The van der Waals surface area contributed by atoms with E-state index in [1.165, 1.54) is 12.1 Å². The molecule has 3 aromatic carbocycles. The van der Waals surface area contributed by atoms with E-state index in [1.807, 2.05) is 73.8 Å². The van der Waals surface area contributed by atoms with E-state index in [-0.39, 0.29) is 11.6 Å². The molecule has 2 aromatic heterocycles. The van der Waals surface area contributed by atoms with Gasteiger partial charge in [0, 0.05) is 47.2 Å². The van der Waals surface area contributed by atoms with E-state index in [1.54, 1.807) is 24.5 Å². The Morgan fingerprint density at radius 1 is 0.971 bits per heavy atom. The topological polar surface area (TPSA) is 57.8 Å². The van der Waals surface area contributed by atoms with Crippen LogP contribution >= 0.6 is 0 Å². The molecule has 5 aromatic rings. The standard InChI is InChI=1S/C30H26FN3O/c1-30(24-7-3-2-4-8-24,34-17-15-21-9-12-25(31)13-10-21)29(35)27-20-33-28-18-22(11-14-26(27)28)23-6-5-16-32-19-23/h2-14,16,18-20,33-34H,15,17H2,1H3. The van der Waals surface area contributed by atoms with Gasteiger partial charge in [0.05, 0.1) is 0 Å². The lowest BCUT2D eigenvalue weighted by Crippen LogP contribution is -2.47. The second kappa shape index (κ2) is 9.65. The first-order valence-corrected chi connectivity index (χ1v) is 11.7. The molecule has 0 fully saturated rings. The SMILES string of the molecule is CC(NCCc1ccc(F)cc1)(C(=O)c1c[nH]c2cc(-c3cccnc3)ccc12)c1ccccc1. The van der Waals surface area contributed by atoms with Gasteiger partial charge in [-0.05, 0) is 54.3 Å². The summed E-state index contributed by atoms with van der Waals surface area (Å²) in [5.41, 5.74) is 4.57. The number of aromatic amines is 1. The van der Waals surface area contributed by atoms with Crippen LogP contribution in [0.3, 0.4) is 0 Å². The summed E-state index contributed by atoms with van der Waals surface area (Å²) in [4.78, 5) is 21.5. The van der Waals surface area contributed by atoms with Crippen molar-refractivity contribution < 1.29 is 9.18 Å². The highest BCUT2D eigenvalue weighted by Crippen LogP contribution is 2.31. The van der Waals surface area contributed by atoms with Gasteiger partial charge in [0.2, 0.25) is 0 Å². The van der Waals surface area contributed by atoms with Crippen molar-refractivity contribution in [1.29, 1.82) is 0 Å². The second-order valence-corrected chi connectivity index (χ2v) is 8.83. The zero-order valence-corrected chi connectivity index (χ0v) is 19.5. The normalized spacial score (nSPS) is 13.0. The molecule has 1 atom stereocenters. The van der Waals surface area contributed by atoms with Gasteiger partial charge in [0.1, 0.15) is 11.4 Å². The van der Waals surface area contributed by atoms with Crippen LogP contribution in [0.25, 0.3) is 22.0 Å². The summed E-state index contributed by atoms with van der Waals surface area (Å²) < 4.78 is 13.3. The average Bonchev–Trinajstić information content (AvgIpc) is 3.33. The molecule has 0 amide bonds. The number of carbonyl (C=O) groups is 1. The number of nitrogens with one attached hydrogen (secondary N) is 2. The Morgan fingerprint density at radius 2 is 1.77 bits per heavy atom. The third-order valence-electron chi connectivity index (χ3n) is 6.53. The number of ketones is 1. The largest absolute Gasteiger partial charge is 0.360 e. The molecule has 174 valence electrons. The van der Waals surface area contributed by atoms with Crippen LogP contribution in [-0.4, -0.2) is 22.3 Å². The van der Waals surface area contributed by atoms with Crippen LogP contribution in [0.4, 0.5) is 4.39 Å². The first-order chi connectivity index (χ1) is 17.0. The van der Waals surface area contributed by atoms with Crippen molar-refractivity contribution in [2.75, 3.05) is 6.54 Å². The summed E-state index contributed by atoms with van der Waals surface area (Å²) in [6.07, 6.45) is 6.05. The van der Waals surface area contributed by atoms with Gasteiger partial charge in [-0.1, -0.05) is 60.7 Å². The number of aromatic nitrogens is 2. The highest BCUT2D eigenvalue weighted by atomic mass is 19.1. The van der Waals surface area contributed by atoms with Gasteiger partial charge in [-0.3, -0.25) is 9.78 Å². The Hall–Kier alpha value is -4.09. The monoisotopic (exact) mass is 463 g/mol. The quantitative estimate of drug-likeness (QED) is 0.266. The van der Waals surface area contributed by atoms with Gasteiger partial charge in [-0.25, -0.2) is 4.39 Å². The van der Waals surface area contributed by atoms with E-state index in [0.717, 1.165) is 33.2 Å². The maximum Gasteiger partial charge on any atom is 0.189 e. The molecule has 4 nitrogen and oxygen atoms in total. The molecule has 2 N–H and O–H groups in total. The summed E-state index contributed by atoms with van der Waals surface area (Å²) in [5, 5.41) is 4.38. The Labute approximate surface area is 203 Å². The smallest absolute Gasteiger partial charge is 0.189 e. The minimum absolute atomic E-state index is 0.0109. The number of pyridine rings is 1. The van der Waals surface area contributed by atoms with Crippen LogP contribution in [0, 0.1) is 5.82 Å². The van der Waals surface area contributed by atoms with Gasteiger partial charge in [-0.2, -0.15) is 0 Å². The minimum atomic E-state index is -0.932. The predicted octanol–water partition coefficient (Wildman–Crippen LogP) is 6.30. The number of rotatable bonds is 8. The molecule has 2 heterocycles. The molecule has 5 heteroatoms. The maximum absolute atomic E-state index is 14.0. The number of fused-ring (bicyclic) bond motifs is 1. The number of nitrogens with zero attached hydrogens (tertiary/aromatic N) is 1. The van der Waals surface area contributed by atoms with Crippen molar-refractivity contribution in [3.63, 3.8) is 0 Å². The van der Waals surface area contributed by atoms with Crippen molar-refractivity contribution in [1.82, 2.24) is 15.3 Å². The van der Waals surface area contributed by atoms with Crippen molar-refractivity contribution in [2.24, 2.45) is 0 Å². The Balaban J connectivity index is 1.45. The van der Waals surface area contributed by atoms with Crippen LogP contribution in [0.2, 0.25) is 0 Å². The Bertz CT molecular complexity index is 1450. The van der Waals surface area contributed by atoms with Crippen molar-refractivity contribution in [3.05, 3.63) is 126 Å². The summed E-state index contributed by atoms with van der Waals surface area (Å²) in [5.74, 6) is -0.264. The molecule has 0 aliphatic heterocycles. The number of H-pyrrole nitrogens is 1. The van der Waals surface area contributed by atoms with Crippen molar-refractivity contribution in [2.45, 2.75) is 18.9 Å². The van der Waals surface area contributed by atoms with E-state index in [4.69, 9.17) is 0 Å². The lowest BCUT2D eigenvalue weighted by atomic mass is 9.83. The molecule has 0 aliphatic rings. The van der Waals surface area contributed by atoms with E-state index in [2.05, 4.69) is 15.3 Å². The fourth-order valence-corrected chi connectivity index (χ4v) is 4.49. The second-order valence-electron chi connectivity index (χ2n) is 8.83. The van der Waals surface area contributed by atoms with E-state index >= 15 is 0 Å². The first kappa shape index (κ1) is 22.7. The molecule has 35 heavy (non-hydrogen) atoms. The van der Waals surface area contributed by atoms with Crippen LogP contribution in [0.15, 0.2) is 104 Å². The van der Waals surface area contributed by atoms with Crippen molar-refractivity contribution >= 4 is 16.7 Å². The van der Waals surface area contributed by atoms with Gasteiger partial charge in [0.15, 0.2) is 5.78 Å². The van der Waals surface area contributed by atoms with Gasteiger partial charge < -0.3 is 10.3 Å². The average molecular weight is 464 g/mol. The van der Waals surface area contributed by atoms with E-state index in [0.29, 0.717) is 18.5 Å². The Morgan fingerprint density at radius 3 is 2.51 bits per heavy atom. The van der Waals surface area contributed by atoms with Crippen molar-refractivity contribution in [3.8, 4) is 11.1 Å². The fourth-order valence-electron chi connectivity index (χ4n) is 4.49. The number of carbonyl (C=O) groups excluding carboxylic acids is 1. The summed E-state index contributed by atoms with van der Waals surface area (Å²) in [6, 6.07) is 26.2. The molecule has 1 unspecified atom stereocenters. The molecule has 5 rings (SSSR count). The molecular weight excluding hydrogens is 437 g/mol. The molecule has 0 bridgehead atoms. The highest BCUT2D eigenvalue weighted by Gasteiger charge is 2.36. The number of halogens is 1. The zero-order chi connectivity index (χ0) is 24.3. The van der Waals surface area contributed by atoms with E-state index < -0.39 is 5.54 Å². The van der Waals surface area contributed by atoms with Gasteiger partial charge in [-0.15, -0.1) is 0 Å². The lowest BCUT2D eigenvalue weighted by molar-refractivity contribution is 0.0866. The van der Waals surface area contributed by atoms with Crippen LogP contribution in [0.5, 0.6) is 0 Å². The van der Waals surface area contributed by atoms with Crippen LogP contribution < -0.4 is 5.32 Å². The maximum atomic E-state index is 14.0. The number of hydrogen-bond donors (Lipinski definition) is 2.